The van der Waals surface area contributed by atoms with Gasteiger partial charge in [-0.1, -0.05) is 42.5 Å². The summed E-state index contributed by atoms with van der Waals surface area (Å²) in [7, 11) is -5.19. The number of halogens is 2. The molecule has 8 heteroatoms. The zero-order valence-corrected chi connectivity index (χ0v) is 23.5. The van der Waals surface area contributed by atoms with Crippen LogP contribution in [0.4, 0.5) is 8.78 Å². The van der Waals surface area contributed by atoms with E-state index >= 15 is 0 Å². The van der Waals surface area contributed by atoms with E-state index < -0.39 is 26.6 Å². The molecule has 0 bridgehead atoms. The highest BCUT2D eigenvalue weighted by Gasteiger charge is 2.32. The van der Waals surface area contributed by atoms with E-state index in [1.165, 1.54) is 25.8 Å². The van der Waals surface area contributed by atoms with Crippen LogP contribution in [0, 0.1) is 25.5 Å². The standard InChI is InChI=1S/C24H27OS.C6H4F2O3S/c1-18-16-20(25-24(3,4)5)17-19(2)23(18)26(21-12-8-6-9-13-21)22-14-10-7-11-15-22;7-4-2-1-3-5(8)6(4)12(9,10)11/h6-17H,1-5H3;1-3H,(H,9,10,11)/q+1;/p-1. The lowest BCUT2D eigenvalue weighted by atomic mass is 10.1. The van der Waals surface area contributed by atoms with E-state index in [-0.39, 0.29) is 16.5 Å². The Morgan fingerprint density at radius 3 is 1.50 bits per heavy atom. The van der Waals surface area contributed by atoms with Crippen LogP contribution in [0.25, 0.3) is 0 Å². The number of aryl methyl sites for hydroxylation is 2. The van der Waals surface area contributed by atoms with E-state index in [1.54, 1.807) is 0 Å². The minimum absolute atomic E-state index is 0.125. The Morgan fingerprint density at radius 1 is 0.737 bits per heavy atom. The van der Waals surface area contributed by atoms with Crippen LogP contribution in [-0.2, 0) is 21.0 Å². The monoisotopic (exact) mass is 556 g/mol. The van der Waals surface area contributed by atoms with Crippen LogP contribution in [-0.4, -0.2) is 18.6 Å². The molecule has 0 radical (unpaired) electrons. The van der Waals surface area contributed by atoms with Crippen molar-refractivity contribution >= 4 is 21.0 Å². The molecule has 0 aliphatic carbocycles. The predicted octanol–water partition coefficient (Wildman–Crippen LogP) is 7.45. The molecule has 0 aliphatic heterocycles. The van der Waals surface area contributed by atoms with Gasteiger partial charge in [0.2, 0.25) is 0 Å². The molecule has 4 nitrogen and oxygen atoms in total. The Kier molecular flexibility index (Phi) is 9.35. The molecule has 0 spiro atoms. The van der Waals surface area contributed by atoms with Gasteiger partial charge in [0.1, 0.15) is 38.0 Å². The Balaban J connectivity index is 0.000000279. The smallest absolute Gasteiger partial charge is 0.172 e. The van der Waals surface area contributed by atoms with Gasteiger partial charge in [-0.2, -0.15) is 0 Å². The second kappa shape index (κ2) is 12.1. The molecule has 0 unspecified atom stereocenters. The van der Waals surface area contributed by atoms with E-state index in [2.05, 4.69) is 107 Å². The normalized spacial score (nSPS) is 11.6. The highest BCUT2D eigenvalue weighted by molar-refractivity contribution is 7.97. The number of hydrogen-bond acceptors (Lipinski definition) is 4. The number of benzene rings is 4. The fourth-order valence-electron chi connectivity index (χ4n) is 3.85. The van der Waals surface area contributed by atoms with Gasteiger partial charge in [0.05, 0.1) is 10.9 Å². The average molecular weight is 557 g/mol. The third kappa shape index (κ3) is 7.66. The zero-order valence-electron chi connectivity index (χ0n) is 21.9. The summed E-state index contributed by atoms with van der Waals surface area (Å²) >= 11 is 0. The van der Waals surface area contributed by atoms with Gasteiger partial charge in [-0.3, -0.25) is 0 Å². The molecule has 0 heterocycles. The van der Waals surface area contributed by atoms with Crippen molar-refractivity contribution in [3.8, 4) is 5.75 Å². The van der Waals surface area contributed by atoms with E-state index in [1.807, 2.05) is 0 Å². The SMILES string of the molecule is Cc1cc(OC(C)(C)C)cc(C)c1[S+](c1ccccc1)c1ccccc1.O=S(=O)([O-])c1c(F)cccc1F. The molecule has 0 atom stereocenters. The van der Waals surface area contributed by atoms with Crippen molar-refractivity contribution in [3.05, 3.63) is 114 Å². The first kappa shape index (κ1) is 29.4. The van der Waals surface area contributed by atoms with Crippen molar-refractivity contribution in [1.82, 2.24) is 0 Å². The van der Waals surface area contributed by atoms with Crippen molar-refractivity contribution < 1.29 is 26.5 Å². The molecule has 0 fully saturated rings. The second-order valence-electron chi connectivity index (χ2n) is 9.54. The van der Waals surface area contributed by atoms with Crippen LogP contribution < -0.4 is 4.74 Å². The lowest BCUT2D eigenvalue weighted by Gasteiger charge is -2.22. The maximum Gasteiger partial charge on any atom is 0.172 e. The Labute approximate surface area is 226 Å². The molecule has 200 valence electrons. The first-order chi connectivity index (χ1) is 17.8. The minimum Gasteiger partial charge on any atom is -0.744 e. The van der Waals surface area contributed by atoms with Crippen LogP contribution in [0.5, 0.6) is 5.75 Å². The molecular formula is C30H30F2O4S2. The van der Waals surface area contributed by atoms with Crippen molar-refractivity contribution in [1.29, 1.82) is 0 Å². The molecule has 38 heavy (non-hydrogen) atoms. The summed E-state index contributed by atoms with van der Waals surface area (Å²) in [5.41, 5.74) is 2.36. The second-order valence-corrected chi connectivity index (χ2v) is 12.8. The van der Waals surface area contributed by atoms with Gasteiger partial charge in [-0.05, 0) is 83.1 Å². The van der Waals surface area contributed by atoms with Gasteiger partial charge >= 0.3 is 0 Å². The minimum atomic E-state index is -5.06. The van der Waals surface area contributed by atoms with Crippen molar-refractivity contribution in [2.45, 2.75) is 59.8 Å². The lowest BCUT2D eigenvalue weighted by molar-refractivity contribution is 0.130. The highest BCUT2D eigenvalue weighted by atomic mass is 32.2. The molecule has 0 saturated carbocycles. The maximum absolute atomic E-state index is 12.5. The predicted molar refractivity (Wildman–Crippen MR) is 146 cm³/mol. The van der Waals surface area contributed by atoms with E-state index in [0.717, 1.165) is 11.8 Å². The zero-order chi connectivity index (χ0) is 28.1. The molecule has 0 saturated heterocycles. The summed E-state index contributed by atoms with van der Waals surface area (Å²) in [6.07, 6.45) is 0. The van der Waals surface area contributed by atoms with E-state index in [4.69, 9.17) is 4.74 Å². The van der Waals surface area contributed by atoms with Crippen LogP contribution in [0.1, 0.15) is 31.9 Å². The van der Waals surface area contributed by atoms with Crippen LogP contribution in [0.15, 0.2) is 111 Å². The lowest BCUT2D eigenvalue weighted by Crippen LogP contribution is -2.23. The first-order valence-corrected chi connectivity index (χ1v) is 14.5. The summed E-state index contributed by atoms with van der Waals surface area (Å²) < 4.78 is 61.9. The average Bonchev–Trinajstić information content (AvgIpc) is 2.81. The summed E-state index contributed by atoms with van der Waals surface area (Å²) in [6, 6.07) is 28.3. The molecule has 0 aromatic heterocycles. The third-order valence-corrected chi connectivity index (χ3v) is 8.62. The molecular weight excluding hydrogens is 526 g/mol. The maximum atomic E-state index is 12.5. The van der Waals surface area contributed by atoms with Crippen LogP contribution in [0.3, 0.4) is 0 Å². The Morgan fingerprint density at radius 2 is 1.16 bits per heavy atom. The summed E-state index contributed by atoms with van der Waals surface area (Å²) in [6.45, 7) is 10.7. The van der Waals surface area contributed by atoms with Crippen LogP contribution >= 0.6 is 0 Å². The number of rotatable bonds is 5. The molecule has 4 aromatic rings. The summed E-state index contributed by atoms with van der Waals surface area (Å²) in [5, 5.41) is 0. The van der Waals surface area contributed by atoms with Gasteiger partial charge in [0, 0.05) is 11.1 Å². The van der Waals surface area contributed by atoms with Gasteiger partial charge in [0.25, 0.3) is 0 Å². The number of ether oxygens (including phenoxy) is 1. The number of hydrogen-bond donors (Lipinski definition) is 0. The molecule has 0 amide bonds. The fraction of sp³-hybridized carbons (Fsp3) is 0.200. The van der Waals surface area contributed by atoms with Gasteiger partial charge in [0.15, 0.2) is 14.7 Å². The quantitative estimate of drug-likeness (QED) is 0.189. The van der Waals surface area contributed by atoms with Crippen molar-refractivity contribution in [2.24, 2.45) is 0 Å². The molecule has 4 aromatic carbocycles. The largest absolute Gasteiger partial charge is 0.744 e. The van der Waals surface area contributed by atoms with Crippen molar-refractivity contribution in [3.63, 3.8) is 0 Å². The summed E-state index contributed by atoms with van der Waals surface area (Å²) in [5.74, 6) is -1.80. The highest BCUT2D eigenvalue weighted by Crippen LogP contribution is 2.37. The van der Waals surface area contributed by atoms with Crippen LogP contribution in [0.2, 0.25) is 0 Å². The summed E-state index contributed by atoms with van der Waals surface area (Å²) in [4.78, 5) is 2.65. The van der Waals surface area contributed by atoms with E-state index in [0.29, 0.717) is 12.1 Å². The third-order valence-electron chi connectivity index (χ3n) is 5.19. The van der Waals surface area contributed by atoms with E-state index in [9.17, 15) is 21.8 Å². The van der Waals surface area contributed by atoms with Gasteiger partial charge in [-0.15, -0.1) is 0 Å². The Bertz CT molecular complexity index is 1400. The first-order valence-electron chi connectivity index (χ1n) is 11.8. The molecule has 0 aliphatic rings. The van der Waals surface area contributed by atoms with Gasteiger partial charge in [-0.25, -0.2) is 17.2 Å². The fourth-order valence-corrected chi connectivity index (χ4v) is 6.83. The topological polar surface area (TPSA) is 66.4 Å². The molecule has 4 rings (SSSR count). The van der Waals surface area contributed by atoms with Gasteiger partial charge < -0.3 is 9.29 Å². The molecule has 0 N–H and O–H groups in total. The van der Waals surface area contributed by atoms with Crippen molar-refractivity contribution in [2.75, 3.05) is 0 Å². The Hall–Kier alpha value is -3.20.